The lowest BCUT2D eigenvalue weighted by atomic mass is 10.2. The van der Waals surface area contributed by atoms with Crippen LogP contribution in [0.5, 0.6) is 0 Å². The normalized spacial score (nSPS) is 12.1. The Morgan fingerprint density at radius 3 is 2.57 bits per heavy atom. The van der Waals surface area contributed by atoms with E-state index >= 15 is 0 Å². The standard InChI is InChI=1S/C10H11BrO2S/c1-14(12,13)10-7-3-2-5-9(10)6-4-8-11/h2-7H,8H2,1H3. The molecule has 0 fully saturated rings. The van der Waals surface area contributed by atoms with Gasteiger partial charge < -0.3 is 0 Å². The smallest absolute Gasteiger partial charge is 0.176 e. The number of allylic oxidation sites excluding steroid dienone is 1. The van der Waals surface area contributed by atoms with Gasteiger partial charge in [0.25, 0.3) is 0 Å². The van der Waals surface area contributed by atoms with Crippen LogP contribution in [0.15, 0.2) is 35.2 Å². The van der Waals surface area contributed by atoms with Crippen molar-refractivity contribution in [2.45, 2.75) is 4.90 Å². The van der Waals surface area contributed by atoms with Gasteiger partial charge in [-0.3, -0.25) is 0 Å². The Bertz CT molecular complexity index is 435. The van der Waals surface area contributed by atoms with Crippen molar-refractivity contribution in [3.8, 4) is 0 Å². The third kappa shape index (κ3) is 2.96. The molecule has 0 aromatic heterocycles. The molecule has 0 saturated heterocycles. The first kappa shape index (κ1) is 11.5. The molecular formula is C10H11BrO2S. The molecule has 76 valence electrons. The van der Waals surface area contributed by atoms with E-state index in [9.17, 15) is 8.42 Å². The van der Waals surface area contributed by atoms with Crippen LogP contribution in [0.25, 0.3) is 6.08 Å². The summed E-state index contributed by atoms with van der Waals surface area (Å²) in [5.41, 5.74) is 0.731. The van der Waals surface area contributed by atoms with Crippen molar-refractivity contribution < 1.29 is 8.42 Å². The van der Waals surface area contributed by atoms with Crippen molar-refractivity contribution in [3.63, 3.8) is 0 Å². The maximum absolute atomic E-state index is 11.4. The number of sulfone groups is 1. The van der Waals surface area contributed by atoms with E-state index in [0.29, 0.717) is 10.2 Å². The zero-order chi connectivity index (χ0) is 10.6. The molecule has 4 heteroatoms. The first-order valence-electron chi connectivity index (χ1n) is 4.07. The lowest BCUT2D eigenvalue weighted by Gasteiger charge is -2.02. The first-order chi connectivity index (χ1) is 6.55. The third-order valence-electron chi connectivity index (χ3n) is 1.70. The highest BCUT2D eigenvalue weighted by atomic mass is 79.9. The molecule has 0 unspecified atom stereocenters. The largest absolute Gasteiger partial charge is 0.224 e. The van der Waals surface area contributed by atoms with Crippen LogP contribution >= 0.6 is 15.9 Å². The summed E-state index contributed by atoms with van der Waals surface area (Å²) in [6.07, 6.45) is 4.88. The zero-order valence-corrected chi connectivity index (χ0v) is 10.2. The quantitative estimate of drug-likeness (QED) is 0.794. The fraction of sp³-hybridized carbons (Fsp3) is 0.200. The molecule has 14 heavy (non-hydrogen) atoms. The van der Waals surface area contributed by atoms with Gasteiger partial charge in [0.05, 0.1) is 4.90 Å². The minimum absolute atomic E-state index is 0.372. The summed E-state index contributed by atoms with van der Waals surface area (Å²) in [7, 11) is -3.13. The number of rotatable bonds is 3. The van der Waals surface area contributed by atoms with Crippen molar-refractivity contribution >= 4 is 31.8 Å². The van der Waals surface area contributed by atoms with Gasteiger partial charge >= 0.3 is 0 Å². The summed E-state index contributed by atoms with van der Waals surface area (Å²) < 4.78 is 22.7. The maximum atomic E-state index is 11.4. The van der Waals surface area contributed by atoms with Crippen LogP contribution in [0.4, 0.5) is 0 Å². The predicted molar refractivity (Wildman–Crippen MR) is 62.4 cm³/mol. The molecule has 1 rings (SSSR count). The fourth-order valence-electron chi connectivity index (χ4n) is 1.13. The van der Waals surface area contributed by atoms with Crippen LogP contribution in [0.2, 0.25) is 0 Å². The highest BCUT2D eigenvalue weighted by Gasteiger charge is 2.09. The Morgan fingerprint density at radius 2 is 2.00 bits per heavy atom. The number of alkyl halides is 1. The van der Waals surface area contributed by atoms with Gasteiger partial charge in [0.2, 0.25) is 0 Å². The van der Waals surface area contributed by atoms with Gasteiger partial charge in [0.1, 0.15) is 0 Å². The summed E-state index contributed by atoms with van der Waals surface area (Å²) in [5.74, 6) is 0. The summed E-state index contributed by atoms with van der Waals surface area (Å²) in [5, 5.41) is 0.713. The lowest BCUT2D eigenvalue weighted by Crippen LogP contribution is -1.99. The van der Waals surface area contributed by atoms with E-state index in [1.165, 1.54) is 6.26 Å². The third-order valence-corrected chi connectivity index (χ3v) is 3.25. The summed E-state index contributed by atoms with van der Waals surface area (Å²) in [4.78, 5) is 0.372. The van der Waals surface area contributed by atoms with Gasteiger partial charge in [0, 0.05) is 11.6 Å². The Hall–Kier alpha value is -0.610. The van der Waals surface area contributed by atoms with Gasteiger partial charge in [-0.15, -0.1) is 0 Å². The average molecular weight is 275 g/mol. The molecule has 0 aliphatic rings. The summed E-state index contributed by atoms with van der Waals surface area (Å²) in [6.45, 7) is 0. The highest BCUT2D eigenvalue weighted by molar-refractivity contribution is 9.09. The van der Waals surface area contributed by atoms with E-state index in [2.05, 4.69) is 15.9 Å². The van der Waals surface area contributed by atoms with Crippen molar-refractivity contribution in [2.24, 2.45) is 0 Å². The van der Waals surface area contributed by atoms with E-state index in [1.807, 2.05) is 12.1 Å². The molecule has 1 aromatic carbocycles. The molecule has 0 amide bonds. The minimum atomic E-state index is -3.13. The molecule has 0 spiro atoms. The number of halogens is 1. The molecule has 0 N–H and O–H groups in total. The summed E-state index contributed by atoms with van der Waals surface area (Å²) in [6, 6.07) is 6.95. The Kier molecular flexibility index (Phi) is 3.89. The second kappa shape index (κ2) is 4.75. The van der Waals surface area contributed by atoms with Crippen LogP contribution in [0.3, 0.4) is 0 Å². The molecule has 0 heterocycles. The topological polar surface area (TPSA) is 34.1 Å². The van der Waals surface area contributed by atoms with Crippen molar-refractivity contribution in [1.29, 1.82) is 0 Å². The molecule has 0 atom stereocenters. The van der Waals surface area contributed by atoms with Gasteiger partial charge in [-0.1, -0.05) is 46.3 Å². The first-order valence-corrected chi connectivity index (χ1v) is 7.08. The SMILES string of the molecule is CS(=O)(=O)c1ccccc1C=CCBr. The van der Waals surface area contributed by atoms with Crippen molar-refractivity contribution in [2.75, 3.05) is 11.6 Å². The van der Waals surface area contributed by atoms with Gasteiger partial charge in [-0.05, 0) is 11.6 Å². The lowest BCUT2D eigenvalue weighted by molar-refractivity contribution is 0.601. The van der Waals surface area contributed by atoms with E-state index in [-0.39, 0.29) is 0 Å². The zero-order valence-electron chi connectivity index (χ0n) is 7.77. The minimum Gasteiger partial charge on any atom is -0.224 e. The highest BCUT2D eigenvalue weighted by Crippen LogP contribution is 2.16. The van der Waals surface area contributed by atoms with Crippen LogP contribution in [-0.2, 0) is 9.84 Å². The average Bonchev–Trinajstić information content (AvgIpc) is 2.14. The maximum Gasteiger partial charge on any atom is 0.176 e. The molecule has 0 saturated carbocycles. The monoisotopic (exact) mass is 274 g/mol. The molecule has 1 aromatic rings. The van der Waals surface area contributed by atoms with Crippen molar-refractivity contribution in [1.82, 2.24) is 0 Å². The van der Waals surface area contributed by atoms with Crippen LogP contribution in [0.1, 0.15) is 5.56 Å². The second-order valence-electron chi connectivity index (χ2n) is 2.87. The molecule has 2 nitrogen and oxygen atoms in total. The Labute approximate surface area is 92.7 Å². The van der Waals surface area contributed by atoms with Crippen molar-refractivity contribution in [3.05, 3.63) is 35.9 Å². The van der Waals surface area contributed by atoms with Gasteiger partial charge in [0.15, 0.2) is 9.84 Å². The van der Waals surface area contributed by atoms with E-state index in [0.717, 1.165) is 5.56 Å². The van der Waals surface area contributed by atoms with Crippen LogP contribution < -0.4 is 0 Å². The van der Waals surface area contributed by atoms with Crippen LogP contribution in [-0.4, -0.2) is 20.0 Å². The van der Waals surface area contributed by atoms with E-state index in [4.69, 9.17) is 0 Å². The predicted octanol–water partition coefficient (Wildman–Crippen LogP) is 2.50. The molecule has 0 bridgehead atoms. The molecular weight excluding hydrogens is 264 g/mol. The van der Waals surface area contributed by atoms with E-state index < -0.39 is 9.84 Å². The Balaban J connectivity index is 3.24. The van der Waals surface area contributed by atoms with Gasteiger partial charge in [-0.25, -0.2) is 8.42 Å². The summed E-state index contributed by atoms with van der Waals surface area (Å²) >= 11 is 3.25. The Morgan fingerprint density at radius 1 is 1.36 bits per heavy atom. The molecule has 0 aliphatic carbocycles. The number of hydrogen-bond donors (Lipinski definition) is 0. The number of hydrogen-bond acceptors (Lipinski definition) is 2. The second-order valence-corrected chi connectivity index (χ2v) is 5.50. The van der Waals surface area contributed by atoms with Gasteiger partial charge in [-0.2, -0.15) is 0 Å². The fourth-order valence-corrected chi connectivity index (χ4v) is 2.20. The van der Waals surface area contributed by atoms with Crippen LogP contribution in [0, 0.1) is 0 Å². The number of benzene rings is 1. The molecule has 0 radical (unpaired) electrons. The molecule has 0 aliphatic heterocycles. The van der Waals surface area contributed by atoms with E-state index in [1.54, 1.807) is 24.3 Å².